The van der Waals surface area contributed by atoms with E-state index in [1.807, 2.05) is 63.5 Å². The summed E-state index contributed by atoms with van der Waals surface area (Å²) < 4.78 is 1.51. The molecule has 3 N–H and O–H groups in total. The number of carbonyl (C=O) groups is 1. The summed E-state index contributed by atoms with van der Waals surface area (Å²) in [5, 5.41) is 3.13. The Balaban J connectivity index is 1.63. The molecule has 1 aliphatic rings. The number of carbonyl (C=O) groups excluding carboxylic acids is 1. The van der Waals surface area contributed by atoms with Gasteiger partial charge in [0.25, 0.3) is 5.56 Å². The van der Waals surface area contributed by atoms with Crippen LogP contribution < -0.4 is 16.6 Å². The van der Waals surface area contributed by atoms with Crippen LogP contribution in [0.4, 0.5) is 17.2 Å². The largest absolute Gasteiger partial charge is 0.398 e. The number of nitrogens with zero attached hydrogens (tertiary/aromatic N) is 4. The molecule has 1 aliphatic heterocycles. The van der Waals surface area contributed by atoms with Crippen molar-refractivity contribution in [3.63, 3.8) is 0 Å². The number of hydrogen-bond donors (Lipinski definition) is 2. The summed E-state index contributed by atoms with van der Waals surface area (Å²) in [7, 11) is 5.48. The number of hydrogen-bond acceptors (Lipinski definition) is 6. The van der Waals surface area contributed by atoms with Crippen molar-refractivity contribution in [3.05, 3.63) is 70.1 Å². The topological polar surface area (TPSA) is 96.5 Å². The molecule has 0 aliphatic carbocycles. The fraction of sp³-hybridized carbons (Fsp3) is 0.292. The second-order valence-electron chi connectivity index (χ2n) is 8.30. The van der Waals surface area contributed by atoms with Gasteiger partial charge in [0, 0.05) is 50.3 Å². The van der Waals surface area contributed by atoms with E-state index < -0.39 is 0 Å². The van der Waals surface area contributed by atoms with Crippen molar-refractivity contribution >= 4 is 23.1 Å². The summed E-state index contributed by atoms with van der Waals surface area (Å²) in [5.74, 6) is 0.311. The third-order valence-corrected chi connectivity index (χ3v) is 6.05. The Morgan fingerprint density at radius 1 is 1.03 bits per heavy atom. The number of piperazine rings is 1. The van der Waals surface area contributed by atoms with Crippen LogP contribution in [0.5, 0.6) is 0 Å². The van der Waals surface area contributed by atoms with Crippen molar-refractivity contribution < 1.29 is 4.79 Å². The van der Waals surface area contributed by atoms with E-state index in [1.54, 1.807) is 18.1 Å². The van der Waals surface area contributed by atoms with Gasteiger partial charge in [-0.15, -0.1) is 0 Å². The summed E-state index contributed by atoms with van der Waals surface area (Å²) in [6.07, 6.45) is 1.71. The van der Waals surface area contributed by atoms with Crippen LogP contribution in [0.25, 0.3) is 11.3 Å². The van der Waals surface area contributed by atoms with Gasteiger partial charge in [-0.2, -0.15) is 0 Å². The minimum atomic E-state index is -0.302. The Labute approximate surface area is 187 Å². The van der Waals surface area contributed by atoms with Gasteiger partial charge in [0.15, 0.2) is 5.82 Å². The maximum Gasteiger partial charge on any atom is 0.293 e. The average Bonchev–Trinajstić information content (AvgIpc) is 2.77. The third kappa shape index (κ3) is 3.97. The first-order chi connectivity index (χ1) is 15.3. The monoisotopic (exact) mass is 432 g/mol. The Bertz CT molecular complexity index is 1220. The Hall–Kier alpha value is -3.65. The summed E-state index contributed by atoms with van der Waals surface area (Å²) in [6, 6.07) is 12.9. The Kier molecular flexibility index (Phi) is 5.71. The summed E-state index contributed by atoms with van der Waals surface area (Å²) >= 11 is 0. The molecule has 2 heterocycles. The van der Waals surface area contributed by atoms with Gasteiger partial charge < -0.3 is 20.5 Å². The average molecular weight is 433 g/mol. The summed E-state index contributed by atoms with van der Waals surface area (Å²) in [4.78, 5) is 33.7. The SMILES string of the molecule is Cc1c(N)cccc1-c1cn(C)c(=O)c(Nc2ccc(C3C(=O)N(C)CCN3C)cc2)n1. The predicted octanol–water partition coefficient (Wildman–Crippen LogP) is 2.53. The number of rotatable bonds is 4. The third-order valence-electron chi connectivity index (χ3n) is 6.05. The van der Waals surface area contributed by atoms with Crippen molar-refractivity contribution in [2.45, 2.75) is 13.0 Å². The van der Waals surface area contributed by atoms with Crippen LogP contribution in [-0.4, -0.2) is 52.4 Å². The molecular weight excluding hydrogens is 404 g/mol. The highest BCUT2D eigenvalue weighted by Gasteiger charge is 2.31. The molecular formula is C24H28N6O2. The predicted molar refractivity (Wildman–Crippen MR) is 127 cm³/mol. The van der Waals surface area contributed by atoms with Crippen LogP contribution in [0.3, 0.4) is 0 Å². The molecule has 4 rings (SSSR count). The van der Waals surface area contributed by atoms with E-state index in [2.05, 4.69) is 15.2 Å². The van der Waals surface area contributed by atoms with E-state index in [0.29, 0.717) is 11.4 Å². The Morgan fingerprint density at radius 3 is 2.47 bits per heavy atom. The molecule has 1 amide bonds. The molecule has 3 aromatic rings. The number of nitrogen functional groups attached to an aromatic ring is 1. The molecule has 0 bridgehead atoms. The van der Waals surface area contributed by atoms with Gasteiger partial charge in [-0.3, -0.25) is 14.5 Å². The fourth-order valence-electron chi connectivity index (χ4n) is 3.98. The van der Waals surface area contributed by atoms with Crippen molar-refractivity contribution in [2.75, 3.05) is 38.2 Å². The van der Waals surface area contributed by atoms with Gasteiger partial charge in [0.2, 0.25) is 5.91 Å². The maximum atomic E-state index is 12.7. The van der Waals surface area contributed by atoms with Gasteiger partial charge in [0.05, 0.1) is 5.69 Å². The number of aryl methyl sites for hydroxylation is 1. The molecule has 0 radical (unpaired) electrons. The highest BCUT2D eigenvalue weighted by atomic mass is 16.2. The first-order valence-corrected chi connectivity index (χ1v) is 10.5. The van der Waals surface area contributed by atoms with Gasteiger partial charge in [-0.25, -0.2) is 4.98 Å². The Morgan fingerprint density at radius 2 is 1.75 bits per heavy atom. The second kappa shape index (κ2) is 8.47. The van der Waals surface area contributed by atoms with Crippen molar-refractivity contribution in [3.8, 4) is 11.3 Å². The standard InChI is InChI=1S/C24H28N6O2/c1-15-18(6-5-7-19(15)25)20-14-30(4)24(32)22(27-20)26-17-10-8-16(9-11-17)21-23(31)29(3)13-12-28(21)2/h5-11,14,21H,12-13,25H2,1-4H3,(H,26,27). The molecule has 1 aromatic heterocycles. The van der Waals surface area contributed by atoms with Crippen molar-refractivity contribution in [1.82, 2.24) is 19.4 Å². The molecule has 8 nitrogen and oxygen atoms in total. The quantitative estimate of drug-likeness (QED) is 0.615. The smallest absolute Gasteiger partial charge is 0.293 e. The zero-order chi connectivity index (χ0) is 23.0. The molecule has 8 heteroatoms. The lowest BCUT2D eigenvalue weighted by atomic mass is 10.0. The lowest BCUT2D eigenvalue weighted by molar-refractivity contribution is -0.139. The lowest BCUT2D eigenvalue weighted by Gasteiger charge is -2.37. The zero-order valence-electron chi connectivity index (χ0n) is 18.8. The van der Waals surface area contributed by atoms with Gasteiger partial charge >= 0.3 is 0 Å². The van der Waals surface area contributed by atoms with Gasteiger partial charge in [0.1, 0.15) is 6.04 Å². The highest BCUT2D eigenvalue weighted by molar-refractivity contribution is 5.84. The number of likely N-dealkylation sites (N-methyl/N-ethyl adjacent to an activating group) is 2. The molecule has 1 atom stereocenters. The molecule has 1 unspecified atom stereocenters. The van der Waals surface area contributed by atoms with E-state index >= 15 is 0 Å². The van der Waals surface area contributed by atoms with Crippen LogP contribution in [0.15, 0.2) is 53.5 Å². The van der Waals surface area contributed by atoms with E-state index in [-0.39, 0.29) is 23.3 Å². The number of nitrogens with one attached hydrogen (secondary N) is 1. The van der Waals surface area contributed by atoms with Crippen LogP contribution >= 0.6 is 0 Å². The van der Waals surface area contributed by atoms with E-state index in [4.69, 9.17) is 5.73 Å². The van der Waals surface area contributed by atoms with Gasteiger partial charge in [-0.1, -0.05) is 24.3 Å². The molecule has 1 saturated heterocycles. The number of nitrogens with two attached hydrogens (primary N) is 1. The molecule has 32 heavy (non-hydrogen) atoms. The number of benzene rings is 2. The van der Waals surface area contributed by atoms with E-state index in [1.165, 1.54) is 4.57 Å². The number of anilines is 3. The van der Waals surface area contributed by atoms with E-state index in [9.17, 15) is 9.59 Å². The number of aromatic nitrogens is 2. The molecule has 0 spiro atoms. The molecule has 1 fully saturated rings. The van der Waals surface area contributed by atoms with Crippen LogP contribution in [0.1, 0.15) is 17.2 Å². The maximum absolute atomic E-state index is 12.7. The van der Waals surface area contributed by atoms with E-state index in [0.717, 1.165) is 35.5 Å². The molecule has 0 saturated carbocycles. The first-order valence-electron chi connectivity index (χ1n) is 10.5. The second-order valence-corrected chi connectivity index (χ2v) is 8.30. The first kappa shape index (κ1) is 21.6. The number of amides is 1. The molecule has 2 aromatic carbocycles. The minimum Gasteiger partial charge on any atom is -0.398 e. The normalized spacial score (nSPS) is 16.9. The van der Waals surface area contributed by atoms with Crippen LogP contribution in [0.2, 0.25) is 0 Å². The summed E-state index contributed by atoms with van der Waals surface area (Å²) in [5.41, 5.74) is 10.6. The molecule has 166 valence electrons. The fourth-order valence-corrected chi connectivity index (χ4v) is 3.98. The highest BCUT2D eigenvalue weighted by Crippen LogP contribution is 2.28. The summed E-state index contributed by atoms with van der Waals surface area (Å²) in [6.45, 7) is 3.48. The van der Waals surface area contributed by atoms with Gasteiger partial charge in [-0.05, 0) is 43.3 Å². The van der Waals surface area contributed by atoms with Crippen molar-refractivity contribution in [1.29, 1.82) is 0 Å². The zero-order valence-corrected chi connectivity index (χ0v) is 18.8. The van der Waals surface area contributed by atoms with Crippen molar-refractivity contribution in [2.24, 2.45) is 7.05 Å². The minimum absolute atomic E-state index is 0.0835. The van der Waals surface area contributed by atoms with Crippen LogP contribution in [-0.2, 0) is 11.8 Å². The lowest BCUT2D eigenvalue weighted by Crippen LogP contribution is -2.48. The van der Waals surface area contributed by atoms with Crippen LogP contribution in [0, 0.1) is 6.92 Å².